The second-order valence-corrected chi connectivity index (χ2v) is 5.56. The zero-order chi connectivity index (χ0) is 14.5. The topological polar surface area (TPSA) is 47.5 Å². The van der Waals surface area contributed by atoms with E-state index in [0.717, 1.165) is 31.0 Å². The van der Waals surface area contributed by atoms with Crippen LogP contribution < -0.4 is 4.90 Å². The first-order valence-electron chi connectivity index (χ1n) is 6.94. The van der Waals surface area contributed by atoms with Crippen molar-refractivity contribution in [3.63, 3.8) is 0 Å². The maximum absolute atomic E-state index is 6.14. The second-order valence-electron chi connectivity index (χ2n) is 5.17. The molecular weight excluding hydrogens is 278 g/mol. The summed E-state index contributed by atoms with van der Waals surface area (Å²) in [6, 6.07) is 2.02. The molecule has 0 radical (unpaired) electrons. The zero-order valence-electron chi connectivity index (χ0n) is 12.3. The van der Waals surface area contributed by atoms with Crippen LogP contribution in [0.3, 0.4) is 0 Å². The molecule has 0 aromatic carbocycles. The number of methoxy groups -OCH3 is 2. The van der Waals surface area contributed by atoms with E-state index < -0.39 is 0 Å². The van der Waals surface area contributed by atoms with Gasteiger partial charge in [-0.1, -0.05) is 11.6 Å². The van der Waals surface area contributed by atoms with E-state index in [0.29, 0.717) is 24.3 Å². The lowest BCUT2D eigenvalue weighted by Gasteiger charge is -2.30. The van der Waals surface area contributed by atoms with E-state index in [1.165, 1.54) is 0 Å². The summed E-state index contributed by atoms with van der Waals surface area (Å²) in [4.78, 5) is 11.2. The van der Waals surface area contributed by atoms with E-state index in [1.54, 1.807) is 14.2 Å². The molecule has 0 amide bonds. The van der Waals surface area contributed by atoms with Gasteiger partial charge in [0.25, 0.3) is 0 Å². The van der Waals surface area contributed by atoms with Crippen molar-refractivity contribution in [1.82, 2.24) is 9.97 Å². The van der Waals surface area contributed by atoms with Crippen molar-refractivity contribution in [1.29, 1.82) is 0 Å². The molecule has 1 fully saturated rings. The summed E-state index contributed by atoms with van der Waals surface area (Å²) in [6.07, 6.45) is 2.32. The number of halogens is 1. The Hall–Kier alpha value is -0.910. The number of ether oxygens (including phenoxy) is 2. The molecule has 1 unspecified atom stereocenters. The minimum Gasteiger partial charge on any atom is -0.383 e. The fourth-order valence-corrected chi connectivity index (χ4v) is 2.36. The fraction of sp³-hybridized carbons (Fsp3) is 0.714. The molecule has 0 N–H and O–H groups in total. The highest BCUT2D eigenvalue weighted by Crippen LogP contribution is 2.39. The number of hydrogen-bond acceptors (Lipinski definition) is 5. The Labute approximate surface area is 125 Å². The van der Waals surface area contributed by atoms with Gasteiger partial charge in [0.2, 0.25) is 0 Å². The molecule has 1 heterocycles. The van der Waals surface area contributed by atoms with Crippen molar-refractivity contribution in [2.24, 2.45) is 0 Å². The molecule has 1 atom stereocenters. The van der Waals surface area contributed by atoms with Crippen LogP contribution in [0.5, 0.6) is 0 Å². The summed E-state index contributed by atoms with van der Waals surface area (Å²) in [5, 5.41) is 0.504. The third-order valence-corrected chi connectivity index (χ3v) is 3.61. The van der Waals surface area contributed by atoms with Crippen LogP contribution in [-0.4, -0.2) is 50.0 Å². The number of rotatable bonds is 8. The summed E-state index contributed by atoms with van der Waals surface area (Å²) in [6.45, 7) is 4.11. The van der Waals surface area contributed by atoms with Gasteiger partial charge >= 0.3 is 0 Å². The number of aromatic nitrogens is 2. The Balaban J connectivity index is 2.21. The Morgan fingerprint density at radius 1 is 1.35 bits per heavy atom. The fourth-order valence-electron chi connectivity index (χ4n) is 2.18. The standard InChI is InChI=1S/C14H22ClN3O2/c1-10(9-20-3)18(6-7-19-2)13-8-12(15)16-14(17-13)11-4-5-11/h8,10-11H,4-7,9H2,1-3H3. The number of nitrogens with zero attached hydrogens (tertiary/aromatic N) is 3. The van der Waals surface area contributed by atoms with Crippen molar-refractivity contribution in [2.75, 3.05) is 38.9 Å². The Morgan fingerprint density at radius 3 is 2.70 bits per heavy atom. The van der Waals surface area contributed by atoms with E-state index >= 15 is 0 Å². The molecule has 0 aliphatic heterocycles. The van der Waals surface area contributed by atoms with Crippen molar-refractivity contribution >= 4 is 17.4 Å². The van der Waals surface area contributed by atoms with Crippen LogP contribution in [0.15, 0.2) is 6.07 Å². The van der Waals surface area contributed by atoms with Gasteiger partial charge in [0.15, 0.2) is 0 Å². The lowest BCUT2D eigenvalue weighted by molar-refractivity contribution is 0.170. The zero-order valence-corrected chi connectivity index (χ0v) is 13.1. The van der Waals surface area contributed by atoms with E-state index in [2.05, 4.69) is 21.8 Å². The van der Waals surface area contributed by atoms with Crippen molar-refractivity contribution in [3.05, 3.63) is 17.0 Å². The summed E-state index contributed by atoms with van der Waals surface area (Å²) < 4.78 is 10.4. The highest BCUT2D eigenvalue weighted by Gasteiger charge is 2.28. The smallest absolute Gasteiger partial charge is 0.135 e. The first-order valence-corrected chi connectivity index (χ1v) is 7.32. The Morgan fingerprint density at radius 2 is 2.10 bits per heavy atom. The van der Waals surface area contributed by atoms with Crippen LogP contribution in [0.4, 0.5) is 5.82 Å². The highest BCUT2D eigenvalue weighted by molar-refractivity contribution is 6.29. The normalized spacial score (nSPS) is 16.2. The average molecular weight is 300 g/mol. The molecule has 1 aromatic heterocycles. The molecule has 1 saturated carbocycles. The molecule has 0 bridgehead atoms. The summed E-state index contributed by atoms with van der Waals surface area (Å²) in [5.41, 5.74) is 0. The predicted octanol–water partition coefficient (Wildman–Crippen LogP) is 2.50. The monoisotopic (exact) mass is 299 g/mol. The number of hydrogen-bond donors (Lipinski definition) is 0. The van der Waals surface area contributed by atoms with Crippen molar-refractivity contribution in [2.45, 2.75) is 31.7 Å². The van der Waals surface area contributed by atoms with E-state index in [9.17, 15) is 0 Å². The van der Waals surface area contributed by atoms with Crippen LogP contribution in [0.2, 0.25) is 5.15 Å². The molecule has 1 aliphatic carbocycles. The van der Waals surface area contributed by atoms with Gasteiger partial charge in [0.1, 0.15) is 16.8 Å². The van der Waals surface area contributed by atoms with Gasteiger partial charge in [-0.3, -0.25) is 0 Å². The summed E-state index contributed by atoms with van der Waals surface area (Å²) >= 11 is 6.14. The molecular formula is C14H22ClN3O2. The number of anilines is 1. The minimum absolute atomic E-state index is 0.202. The van der Waals surface area contributed by atoms with Gasteiger partial charge < -0.3 is 14.4 Å². The summed E-state index contributed by atoms with van der Waals surface area (Å²) in [7, 11) is 3.40. The molecule has 6 heteroatoms. The van der Waals surface area contributed by atoms with Gasteiger partial charge in [-0.15, -0.1) is 0 Å². The molecule has 20 heavy (non-hydrogen) atoms. The molecule has 0 spiro atoms. The maximum atomic E-state index is 6.14. The SMILES string of the molecule is COCCN(c1cc(Cl)nc(C2CC2)n1)C(C)COC. The molecule has 112 valence electrons. The Bertz CT molecular complexity index is 440. The summed E-state index contributed by atoms with van der Waals surface area (Å²) in [5.74, 6) is 2.20. The van der Waals surface area contributed by atoms with Crippen LogP contribution >= 0.6 is 11.6 Å². The Kier molecular flexibility index (Phi) is 5.57. The molecule has 1 aromatic rings. The predicted molar refractivity (Wildman–Crippen MR) is 79.6 cm³/mol. The van der Waals surface area contributed by atoms with Crippen molar-refractivity contribution < 1.29 is 9.47 Å². The van der Waals surface area contributed by atoms with Crippen LogP contribution in [0.25, 0.3) is 0 Å². The minimum atomic E-state index is 0.202. The van der Waals surface area contributed by atoms with Gasteiger partial charge in [-0.25, -0.2) is 9.97 Å². The molecule has 5 nitrogen and oxygen atoms in total. The van der Waals surface area contributed by atoms with E-state index in [4.69, 9.17) is 21.1 Å². The van der Waals surface area contributed by atoms with Gasteiger partial charge in [-0.2, -0.15) is 0 Å². The van der Waals surface area contributed by atoms with Crippen LogP contribution in [0, 0.1) is 0 Å². The first-order chi connectivity index (χ1) is 9.65. The lowest BCUT2D eigenvalue weighted by Crippen LogP contribution is -2.39. The van der Waals surface area contributed by atoms with Crippen LogP contribution in [-0.2, 0) is 9.47 Å². The third-order valence-electron chi connectivity index (χ3n) is 3.41. The molecule has 0 saturated heterocycles. The molecule has 1 aliphatic rings. The van der Waals surface area contributed by atoms with E-state index in [1.807, 2.05) is 6.07 Å². The quantitative estimate of drug-likeness (QED) is 0.690. The molecule has 2 rings (SSSR count). The van der Waals surface area contributed by atoms with Gasteiger partial charge in [0, 0.05) is 32.7 Å². The largest absolute Gasteiger partial charge is 0.383 e. The van der Waals surface area contributed by atoms with E-state index in [-0.39, 0.29) is 6.04 Å². The van der Waals surface area contributed by atoms with Gasteiger partial charge in [0.05, 0.1) is 19.3 Å². The lowest BCUT2D eigenvalue weighted by atomic mass is 10.3. The average Bonchev–Trinajstić information content (AvgIpc) is 3.23. The van der Waals surface area contributed by atoms with Crippen LogP contribution in [0.1, 0.15) is 31.5 Å². The van der Waals surface area contributed by atoms with Crippen molar-refractivity contribution in [3.8, 4) is 0 Å². The maximum Gasteiger partial charge on any atom is 0.135 e. The van der Waals surface area contributed by atoms with Gasteiger partial charge in [-0.05, 0) is 19.8 Å². The second kappa shape index (κ2) is 7.20. The first kappa shape index (κ1) is 15.5. The highest BCUT2D eigenvalue weighted by atomic mass is 35.5. The third kappa shape index (κ3) is 4.04.